The molecule has 24 heavy (non-hydrogen) atoms. The van der Waals surface area contributed by atoms with Crippen molar-refractivity contribution >= 4 is 23.4 Å². The molecule has 3 N–H and O–H groups in total. The lowest BCUT2D eigenvalue weighted by molar-refractivity contribution is -0.119. The van der Waals surface area contributed by atoms with Crippen molar-refractivity contribution < 1.29 is 14.3 Å². The summed E-state index contributed by atoms with van der Waals surface area (Å²) in [6.45, 7) is 3.84. The number of rotatable bonds is 6. The first kappa shape index (κ1) is 17.4. The Bertz CT molecular complexity index is 716. The second-order valence-electron chi connectivity index (χ2n) is 5.35. The number of anilines is 2. The SMILES string of the molecule is CC[C@H](C)c1ccc(NC(=O)COC(=O)c2nccnc2N)cc1. The zero-order valence-electron chi connectivity index (χ0n) is 13.7. The van der Waals surface area contributed by atoms with Crippen LogP contribution in [-0.2, 0) is 9.53 Å². The summed E-state index contributed by atoms with van der Waals surface area (Å²) in [6.07, 6.45) is 3.74. The Labute approximate surface area is 140 Å². The molecule has 0 bridgehead atoms. The van der Waals surface area contributed by atoms with E-state index in [9.17, 15) is 9.59 Å². The number of carbonyl (C=O) groups excluding carboxylic acids is 2. The second kappa shape index (κ2) is 8.05. The third-order valence-corrected chi connectivity index (χ3v) is 3.63. The number of esters is 1. The molecule has 0 aliphatic carbocycles. The lowest BCUT2D eigenvalue weighted by Crippen LogP contribution is -2.22. The van der Waals surface area contributed by atoms with Gasteiger partial charge in [0.05, 0.1) is 0 Å². The predicted molar refractivity (Wildman–Crippen MR) is 90.5 cm³/mol. The smallest absolute Gasteiger partial charge is 0.361 e. The summed E-state index contributed by atoms with van der Waals surface area (Å²) in [5.41, 5.74) is 7.27. The number of hydrogen-bond donors (Lipinski definition) is 2. The summed E-state index contributed by atoms with van der Waals surface area (Å²) < 4.78 is 4.89. The Morgan fingerprint density at radius 2 is 1.88 bits per heavy atom. The minimum atomic E-state index is -0.789. The van der Waals surface area contributed by atoms with Gasteiger partial charge in [-0.1, -0.05) is 26.0 Å². The Hall–Kier alpha value is -2.96. The van der Waals surface area contributed by atoms with Crippen LogP contribution in [0.2, 0.25) is 0 Å². The number of nitrogens with zero attached hydrogens (tertiary/aromatic N) is 2. The van der Waals surface area contributed by atoms with Crippen molar-refractivity contribution in [2.24, 2.45) is 0 Å². The second-order valence-corrected chi connectivity index (χ2v) is 5.35. The molecule has 0 saturated heterocycles. The fourth-order valence-electron chi connectivity index (χ4n) is 2.03. The van der Waals surface area contributed by atoms with E-state index in [1.165, 1.54) is 18.0 Å². The molecule has 2 aromatic rings. The Morgan fingerprint density at radius 1 is 1.21 bits per heavy atom. The molecular weight excluding hydrogens is 308 g/mol. The van der Waals surface area contributed by atoms with Crippen molar-refractivity contribution in [3.05, 3.63) is 47.9 Å². The van der Waals surface area contributed by atoms with E-state index in [0.29, 0.717) is 11.6 Å². The summed E-state index contributed by atoms with van der Waals surface area (Å²) in [6, 6.07) is 7.58. The first-order valence-electron chi connectivity index (χ1n) is 7.64. The molecule has 1 atom stereocenters. The van der Waals surface area contributed by atoms with Gasteiger partial charge in [0.2, 0.25) is 0 Å². The number of carbonyl (C=O) groups is 2. The van der Waals surface area contributed by atoms with Gasteiger partial charge in [0.1, 0.15) is 0 Å². The number of nitrogens with two attached hydrogens (primary N) is 1. The van der Waals surface area contributed by atoms with E-state index >= 15 is 0 Å². The molecule has 0 radical (unpaired) electrons. The molecule has 7 heteroatoms. The van der Waals surface area contributed by atoms with E-state index in [-0.39, 0.29) is 11.5 Å². The first-order chi connectivity index (χ1) is 11.5. The minimum absolute atomic E-state index is 0.0384. The average molecular weight is 328 g/mol. The number of nitrogens with one attached hydrogen (secondary N) is 1. The van der Waals surface area contributed by atoms with Crippen LogP contribution in [0.3, 0.4) is 0 Å². The van der Waals surface area contributed by atoms with Gasteiger partial charge >= 0.3 is 5.97 Å². The van der Waals surface area contributed by atoms with E-state index in [0.717, 1.165) is 6.42 Å². The maximum absolute atomic E-state index is 11.9. The molecule has 2 rings (SSSR count). The van der Waals surface area contributed by atoms with Crippen LogP contribution in [0.25, 0.3) is 0 Å². The van der Waals surface area contributed by atoms with Crippen molar-refractivity contribution in [2.75, 3.05) is 17.7 Å². The zero-order valence-corrected chi connectivity index (χ0v) is 13.7. The van der Waals surface area contributed by atoms with Gasteiger partial charge in [-0.25, -0.2) is 14.8 Å². The van der Waals surface area contributed by atoms with Crippen molar-refractivity contribution in [1.29, 1.82) is 0 Å². The van der Waals surface area contributed by atoms with Crippen LogP contribution in [0, 0.1) is 0 Å². The standard InChI is InChI=1S/C17H20N4O3/c1-3-11(2)12-4-6-13(7-5-12)21-14(22)10-24-17(23)15-16(18)20-9-8-19-15/h4-9,11H,3,10H2,1-2H3,(H2,18,20)(H,21,22)/t11-/m0/s1. The van der Waals surface area contributed by atoms with Gasteiger partial charge in [0.25, 0.3) is 5.91 Å². The van der Waals surface area contributed by atoms with Crippen LogP contribution in [0.15, 0.2) is 36.7 Å². The van der Waals surface area contributed by atoms with Crippen molar-refractivity contribution in [1.82, 2.24) is 9.97 Å². The molecule has 0 spiro atoms. The van der Waals surface area contributed by atoms with Crippen molar-refractivity contribution in [3.63, 3.8) is 0 Å². The molecule has 0 unspecified atom stereocenters. The fourth-order valence-corrected chi connectivity index (χ4v) is 2.03. The van der Waals surface area contributed by atoms with E-state index in [1.807, 2.05) is 24.3 Å². The molecule has 1 aromatic heterocycles. The average Bonchev–Trinajstić information content (AvgIpc) is 2.60. The summed E-state index contributed by atoms with van der Waals surface area (Å²) >= 11 is 0. The number of benzene rings is 1. The van der Waals surface area contributed by atoms with Crippen LogP contribution in [0.4, 0.5) is 11.5 Å². The van der Waals surface area contributed by atoms with Gasteiger partial charge in [0, 0.05) is 18.1 Å². The van der Waals surface area contributed by atoms with Crippen molar-refractivity contribution in [3.8, 4) is 0 Å². The lowest BCUT2D eigenvalue weighted by atomic mass is 9.99. The normalized spacial score (nSPS) is 11.6. The number of ether oxygens (including phenoxy) is 1. The Kier molecular flexibility index (Phi) is 5.83. The third-order valence-electron chi connectivity index (χ3n) is 3.63. The van der Waals surface area contributed by atoms with Gasteiger partial charge in [-0.15, -0.1) is 0 Å². The maximum Gasteiger partial charge on any atom is 0.361 e. The Balaban J connectivity index is 1.87. The van der Waals surface area contributed by atoms with E-state index in [2.05, 4.69) is 29.1 Å². The van der Waals surface area contributed by atoms with Crippen LogP contribution < -0.4 is 11.1 Å². The molecule has 0 aliphatic heterocycles. The topological polar surface area (TPSA) is 107 Å². The number of hydrogen-bond acceptors (Lipinski definition) is 6. The highest BCUT2D eigenvalue weighted by atomic mass is 16.5. The van der Waals surface area contributed by atoms with Gasteiger partial charge in [-0.3, -0.25) is 4.79 Å². The maximum atomic E-state index is 11.9. The van der Waals surface area contributed by atoms with Gasteiger partial charge in [-0.2, -0.15) is 0 Å². The highest BCUT2D eigenvalue weighted by Crippen LogP contribution is 2.20. The summed E-state index contributed by atoms with van der Waals surface area (Å²) in [5, 5.41) is 2.66. The molecule has 1 heterocycles. The predicted octanol–water partition coefficient (Wildman–Crippen LogP) is 2.37. The zero-order chi connectivity index (χ0) is 17.5. The fraction of sp³-hybridized carbons (Fsp3) is 0.294. The first-order valence-corrected chi connectivity index (χ1v) is 7.64. The summed E-state index contributed by atoms with van der Waals surface area (Å²) in [4.78, 5) is 31.2. The highest BCUT2D eigenvalue weighted by molar-refractivity contribution is 5.96. The molecular formula is C17H20N4O3. The number of nitrogen functional groups attached to an aromatic ring is 1. The molecule has 0 saturated carbocycles. The Morgan fingerprint density at radius 3 is 2.50 bits per heavy atom. The van der Waals surface area contributed by atoms with Gasteiger partial charge in [0.15, 0.2) is 18.1 Å². The van der Waals surface area contributed by atoms with Crippen LogP contribution in [0.1, 0.15) is 42.2 Å². The molecule has 126 valence electrons. The minimum Gasteiger partial charge on any atom is -0.451 e. The van der Waals surface area contributed by atoms with Gasteiger partial charge in [-0.05, 0) is 30.0 Å². The molecule has 0 fully saturated rings. The number of amides is 1. The van der Waals surface area contributed by atoms with E-state index in [4.69, 9.17) is 10.5 Å². The third kappa shape index (κ3) is 4.52. The van der Waals surface area contributed by atoms with Gasteiger partial charge < -0.3 is 15.8 Å². The largest absolute Gasteiger partial charge is 0.451 e. The quantitative estimate of drug-likeness (QED) is 0.788. The monoisotopic (exact) mass is 328 g/mol. The van der Waals surface area contributed by atoms with Crippen LogP contribution in [0.5, 0.6) is 0 Å². The van der Waals surface area contributed by atoms with Crippen molar-refractivity contribution in [2.45, 2.75) is 26.2 Å². The molecule has 1 amide bonds. The molecule has 1 aromatic carbocycles. The van der Waals surface area contributed by atoms with E-state index < -0.39 is 18.5 Å². The lowest BCUT2D eigenvalue weighted by Gasteiger charge is -2.10. The van der Waals surface area contributed by atoms with Crippen LogP contribution in [-0.4, -0.2) is 28.5 Å². The summed E-state index contributed by atoms with van der Waals surface area (Å²) in [5.74, 6) is -0.804. The molecule has 0 aliphatic rings. The van der Waals surface area contributed by atoms with Crippen LogP contribution >= 0.6 is 0 Å². The van der Waals surface area contributed by atoms with E-state index in [1.54, 1.807) is 0 Å². The number of aromatic nitrogens is 2. The highest BCUT2D eigenvalue weighted by Gasteiger charge is 2.15. The molecule has 7 nitrogen and oxygen atoms in total. The summed E-state index contributed by atoms with van der Waals surface area (Å²) in [7, 11) is 0.